The van der Waals surface area contributed by atoms with E-state index < -0.39 is 11.1 Å². The second-order valence-electron chi connectivity index (χ2n) is 7.61. The maximum absolute atomic E-state index is 12.9. The van der Waals surface area contributed by atoms with Crippen LogP contribution in [-0.4, -0.2) is 30.8 Å². The number of methoxy groups -OCH3 is 1. The lowest BCUT2D eigenvalue weighted by Crippen LogP contribution is -2.27. The summed E-state index contributed by atoms with van der Waals surface area (Å²) >= 11 is 6.75. The SMILES string of the molecule is COc1cc(/C=C2/SC(=O)N(c3ccc(Cl)cc3)C2=O)ccc1OCC(=O)Nc1ccc(C)cc1. The molecule has 3 aromatic rings. The van der Waals surface area contributed by atoms with E-state index >= 15 is 0 Å². The first-order valence-corrected chi connectivity index (χ1v) is 11.7. The normalized spacial score (nSPS) is 14.4. The molecule has 0 atom stereocenters. The Labute approximate surface area is 211 Å². The van der Waals surface area contributed by atoms with E-state index in [2.05, 4.69) is 5.32 Å². The number of halogens is 1. The standard InChI is InChI=1S/C26H21ClN2O5S/c1-16-3-8-19(9-4-16)28-24(30)15-34-21-12-5-17(13-22(21)33-2)14-23-25(31)29(26(32)35-23)20-10-6-18(27)7-11-20/h3-14H,15H2,1-2H3,(H,28,30)/b23-14+. The molecular formula is C26H21ClN2O5S. The molecule has 3 amide bonds. The molecule has 9 heteroatoms. The number of carbonyl (C=O) groups is 3. The topological polar surface area (TPSA) is 84.9 Å². The summed E-state index contributed by atoms with van der Waals surface area (Å²) in [6, 6.07) is 18.9. The number of nitrogens with zero attached hydrogens (tertiary/aromatic N) is 1. The zero-order valence-corrected chi connectivity index (χ0v) is 20.5. The van der Waals surface area contributed by atoms with Crippen molar-refractivity contribution in [3.8, 4) is 11.5 Å². The van der Waals surface area contributed by atoms with Crippen LogP contribution in [0.3, 0.4) is 0 Å². The molecule has 0 aliphatic carbocycles. The molecular weight excluding hydrogens is 488 g/mol. The number of amides is 3. The lowest BCUT2D eigenvalue weighted by Gasteiger charge is -2.12. The summed E-state index contributed by atoms with van der Waals surface area (Å²) in [5.41, 5.74) is 2.86. The van der Waals surface area contributed by atoms with Crippen LogP contribution in [-0.2, 0) is 9.59 Å². The van der Waals surface area contributed by atoms with Gasteiger partial charge in [-0.05, 0) is 78.9 Å². The van der Waals surface area contributed by atoms with E-state index in [4.69, 9.17) is 21.1 Å². The van der Waals surface area contributed by atoms with Crippen LogP contribution in [0.2, 0.25) is 5.02 Å². The minimum atomic E-state index is -0.422. The Morgan fingerprint density at radius 2 is 1.74 bits per heavy atom. The number of anilines is 2. The highest BCUT2D eigenvalue weighted by atomic mass is 35.5. The highest BCUT2D eigenvalue weighted by Gasteiger charge is 2.36. The predicted molar refractivity (Wildman–Crippen MR) is 138 cm³/mol. The Hall–Kier alpha value is -3.75. The van der Waals surface area contributed by atoms with Crippen molar-refractivity contribution in [2.75, 3.05) is 23.9 Å². The largest absolute Gasteiger partial charge is 0.493 e. The van der Waals surface area contributed by atoms with Gasteiger partial charge in [0.2, 0.25) is 0 Å². The smallest absolute Gasteiger partial charge is 0.298 e. The van der Waals surface area contributed by atoms with Crippen molar-refractivity contribution in [3.05, 3.63) is 87.8 Å². The monoisotopic (exact) mass is 508 g/mol. The first-order chi connectivity index (χ1) is 16.8. The van der Waals surface area contributed by atoms with Crippen LogP contribution in [0.4, 0.5) is 16.2 Å². The van der Waals surface area contributed by atoms with Gasteiger partial charge in [0.15, 0.2) is 18.1 Å². The van der Waals surface area contributed by atoms with E-state index in [1.54, 1.807) is 48.5 Å². The third-order valence-corrected chi connectivity index (χ3v) is 6.18. The molecule has 0 unspecified atom stereocenters. The zero-order chi connectivity index (χ0) is 24.9. The summed E-state index contributed by atoms with van der Waals surface area (Å²) in [5, 5.41) is 2.89. The molecule has 1 heterocycles. The molecule has 35 heavy (non-hydrogen) atoms. The molecule has 1 N–H and O–H groups in total. The highest BCUT2D eigenvalue weighted by Crippen LogP contribution is 2.37. The van der Waals surface area contributed by atoms with Crippen LogP contribution in [0.1, 0.15) is 11.1 Å². The minimum absolute atomic E-state index is 0.205. The molecule has 4 rings (SSSR count). The van der Waals surface area contributed by atoms with Crippen LogP contribution in [0.25, 0.3) is 6.08 Å². The number of aryl methyl sites for hydroxylation is 1. The van der Waals surface area contributed by atoms with Gasteiger partial charge in [0.05, 0.1) is 17.7 Å². The quantitative estimate of drug-likeness (QED) is 0.399. The summed E-state index contributed by atoms with van der Waals surface area (Å²) in [4.78, 5) is 38.9. The molecule has 3 aromatic carbocycles. The van der Waals surface area contributed by atoms with Crippen LogP contribution in [0, 0.1) is 6.92 Å². The Balaban J connectivity index is 1.44. The van der Waals surface area contributed by atoms with Gasteiger partial charge < -0.3 is 14.8 Å². The number of carbonyl (C=O) groups excluding carboxylic acids is 3. The van der Waals surface area contributed by atoms with E-state index in [0.29, 0.717) is 33.5 Å². The molecule has 1 aliphatic heterocycles. The summed E-state index contributed by atoms with van der Waals surface area (Å²) in [7, 11) is 1.48. The number of hydrogen-bond acceptors (Lipinski definition) is 6. The third-order valence-electron chi connectivity index (χ3n) is 5.06. The van der Waals surface area contributed by atoms with Gasteiger partial charge in [0.1, 0.15) is 0 Å². The van der Waals surface area contributed by atoms with Gasteiger partial charge in [0.25, 0.3) is 17.1 Å². The first kappa shape index (κ1) is 24.4. The molecule has 1 saturated heterocycles. The molecule has 7 nitrogen and oxygen atoms in total. The van der Waals surface area contributed by atoms with Gasteiger partial charge in [-0.1, -0.05) is 35.4 Å². The number of hydrogen-bond donors (Lipinski definition) is 1. The molecule has 1 aliphatic rings. The van der Waals surface area contributed by atoms with Crippen molar-refractivity contribution in [3.63, 3.8) is 0 Å². The van der Waals surface area contributed by atoms with Crippen molar-refractivity contribution in [2.45, 2.75) is 6.92 Å². The molecule has 0 saturated carbocycles. The van der Waals surface area contributed by atoms with Crippen molar-refractivity contribution >= 4 is 57.9 Å². The van der Waals surface area contributed by atoms with Crippen molar-refractivity contribution in [1.29, 1.82) is 0 Å². The van der Waals surface area contributed by atoms with Crippen molar-refractivity contribution < 1.29 is 23.9 Å². The summed E-state index contributed by atoms with van der Waals surface area (Å²) < 4.78 is 11.0. The maximum atomic E-state index is 12.9. The Bertz CT molecular complexity index is 1310. The lowest BCUT2D eigenvalue weighted by atomic mass is 10.2. The predicted octanol–water partition coefficient (Wildman–Crippen LogP) is 5.92. The number of nitrogens with one attached hydrogen (secondary N) is 1. The molecule has 1 fully saturated rings. The average molecular weight is 509 g/mol. The fourth-order valence-corrected chi connectivity index (χ4v) is 4.27. The first-order valence-electron chi connectivity index (χ1n) is 10.5. The zero-order valence-electron chi connectivity index (χ0n) is 18.9. The van der Waals surface area contributed by atoms with Gasteiger partial charge in [-0.2, -0.15) is 0 Å². The number of imide groups is 1. The third kappa shape index (κ3) is 5.85. The molecule has 0 radical (unpaired) electrons. The average Bonchev–Trinajstić information content (AvgIpc) is 3.12. The van der Waals surface area contributed by atoms with Crippen LogP contribution >= 0.6 is 23.4 Å². The number of benzene rings is 3. The second kappa shape index (κ2) is 10.7. The van der Waals surface area contributed by atoms with Gasteiger partial charge in [-0.25, -0.2) is 4.90 Å². The lowest BCUT2D eigenvalue weighted by molar-refractivity contribution is -0.118. The van der Waals surface area contributed by atoms with Gasteiger partial charge in [-0.15, -0.1) is 0 Å². The van der Waals surface area contributed by atoms with E-state index in [0.717, 1.165) is 22.2 Å². The van der Waals surface area contributed by atoms with Crippen LogP contribution < -0.4 is 19.7 Å². The van der Waals surface area contributed by atoms with Gasteiger partial charge in [-0.3, -0.25) is 14.4 Å². The Morgan fingerprint density at radius 1 is 1.03 bits per heavy atom. The highest BCUT2D eigenvalue weighted by molar-refractivity contribution is 8.19. The Kier molecular flexibility index (Phi) is 7.43. The van der Waals surface area contributed by atoms with Crippen molar-refractivity contribution in [1.82, 2.24) is 0 Å². The minimum Gasteiger partial charge on any atom is -0.493 e. The van der Waals surface area contributed by atoms with Crippen molar-refractivity contribution in [2.24, 2.45) is 0 Å². The molecule has 0 bridgehead atoms. The second-order valence-corrected chi connectivity index (χ2v) is 9.04. The molecule has 0 aromatic heterocycles. The number of thioether (sulfide) groups is 1. The maximum Gasteiger partial charge on any atom is 0.298 e. The summed E-state index contributed by atoms with van der Waals surface area (Å²) in [6.45, 7) is 1.76. The molecule has 0 spiro atoms. The fraction of sp³-hybridized carbons (Fsp3) is 0.115. The summed E-state index contributed by atoms with van der Waals surface area (Å²) in [6.07, 6.45) is 1.61. The van der Waals surface area contributed by atoms with E-state index in [9.17, 15) is 14.4 Å². The van der Waals surface area contributed by atoms with E-state index in [-0.39, 0.29) is 17.4 Å². The van der Waals surface area contributed by atoms with Gasteiger partial charge >= 0.3 is 0 Å². The number of ether oxygens (including phenoxy) is 2. The van der Waals surface area contributed by atoms with Crippen LogP contribution in [0.15, 0.2) is 71.6 Å². The van der Waals surface area contributed by atoms with E-state index in [1.807, 2.05) is 31.2 Å². The fourth-order valence-electron chi connectivity index (χ4n) is 3.30. The molecule has 178 valence electrons. The number of rotatable bonds is 7. The van der Waals surface area contributed by atoms with Gasteiger partial charge in [0, 0.05) is 10.7 Å². The summed E-state index contributed by atoms with van der Waals surface area (Å²) in [5.74, 6) is 0.0297. The Morgan fingerprint density at radius 3 is 2.43 bits per heavy atom. The van der Waals surface area contributed by atoms with Crippen LogP contribution in [0.5, 0.6) is 11.5 Å². The van der Waals surface area contributed by atoms with E-state index in [1.165, 1.54) is 7.11 Å².